The van der Waals surface area contributed by atoms with Gasteiger partial charge >= 0.3 is 0 Å². The number of aromatic nitrogens is 1. The van der Waals surface area contributed by atoms with E-state index in [-0.39, 0.29) is 0 Å². The molecule has 0 bridgehead atoms. The van der Waals surface area contributed by atoms with Gasteiger partial charge in [0.25, 0.3) is 0 Å². The van der Waals surface area contributed by atoms with Gasteiger partial charge in [-0.25, -0.2) is 4.39 Å². The Labute approximate surface area is 108 Å². The summed E-state index contributed by atoms with van der Waals surface area (Å²) in [5.74, 6) is 0.495. The van der Waals surface area contributed by atoms with Crippen LogP contribution < -0.4 is 10.2 Å². The van der Waals surface area contributed by atoms with Gasteiger partial charge in [-0.15, -0.1) is 10.5 Å². The van der Waals surface area contributed by atoms with Gasteiger partial charge in [0.05, 0.1) is 12.4 Å². The molecule has 0 spiro atoms. The number of pyridine rings is 1. The van der Waals surface area contributed by atoms with Crippen LogP contribution in [0.3, 0.4) is 0 Å². The molecule has 1 aliphatic heterocycles. The summed E-state index contributed by atoms with van der Waals surface area (Å²) in [5.41, 5.74) is 4.29. The Morgan fingerprint density at radius 3 is 2.74 bits per heavy atom. The second-order valence-corrected chi connectivity index (χ2v) is 3.75. The van der Waals surface area contributed by atoms with Crippen molar-refractivity contribution in [3.63, 3.8) is 0 Å². The summed E-state index contributed by atoms with van der Waals surface area (Å²) in [5, 5.41) is 7.13. The number of rotatable bonds is 3. The lowest BCUT2D eigenvalue weighted by atomic mass is 10.1. The first-order valence-corrected chi connectivity index (χ1v) is 5.52. The predicted molar refractivity (Wildman–Crippen MR) is 65.7 cm³/mol. The van der Waals surface area contributed by atoms with Crippen LogP contribution in [-0.2, 0) is 0 Å². The zero-order valence-corrected chi connectivity index (χ0v) is 9.69. The van der Waals surface area contributed by atoms with Crippen molar-refractivity contribution in [2.45, 2.75) is 0 Å². The third-order valence-corrected chi connectivity index (χ3v) is 2.47. The maximum absolute atomic E-state index is 13.9. The molecule has 1 radical (unpaired) electrons. The van der Waals surface area contributed by atoms with E-state index in [2.05, 4.69) is 20.7 Å². The van der Waals surface area contributed by atoms with Crippen LogP contribution in [0.1, 0.15) is 5.56 Å². The molecule has 93 valence electrons. The van der Waals surface area contributed by atoms with Gasteiger partial charge < -0.3 is 4.74 Å². The summed E-state index contributed by atoms with van der Waals surface area (Å²) < 4.78 is 19.4. The first-order valence-electron chi connectivity index (χ1n) is 5.52. The molecule has 6 heteroatoms. The average molecular weight is 255 g/mol. The van der Waals surface area contributed by atoms with Crippen molar-refractivity contribution in [2.75, 3.05) is 0 Å². The Morgan fingerprint density at radius 2 is 2.05 bits per heavy atom. The fourth-order valence-electron chi connectivity index (χ4n) is 1.61. The molecule has 1 aromatic carbocycles. The smallest absolute Gasteiger partial charge is 0.145 e. The number of halogens is 1. The van der Waals surface area contributed by atoms with Crippen molar-refractivity contribution in [2.24, 2.45) is 10.3 Å². The Hall–Kier alpha value is -2.76. The minimum atomic E-state index is -0.441. The molecule has 0 unspecified atom stereocenters. The average Bonchev–Trinajstić information content (AvgIpc) is 2.94. The van der Waals surface area contributed by atoms with Crippen molar-refractivity contribution >= 4 is 5.70 Å². The van der Waals surface area contributed by atoms with Crippen molar-refractivity contribution in [3.05, 3.63) is 60.3 Å². The molecule has 0 amide bonds. The lowest BCUT2D eigenvalue weighted by molar-refractivity contribution is 0.474. The second-order valence-electron chi connectivity index (χ2n) is 3.75. The molecule has 1 aromatic heterocycles. The van der Waals surface area contributed by atoms with E-state index in [1.165, 1.54) is 12.3 Å². The summed E-state index contributed by atoms with van der Waals surface area (Å²) in [4.78, 5) is 3.92. The zero-order chi connectivity index (χ0) is 13.1. The van der Waals surface area contributed by atoms with E-state index in [9.17, 15) is 4.39 Å². The molecular formula is C13H8FN4O. The number of ether oxygens (including phenoxy) is 1. The van der Waals surface area contributed by atoms with Crippen molar-refractivity contribution in [1.29, 1.82) is 0 Å². The summed E-state index contributed by atoms with van der Waals surface area (Å²) in [6.07, 6.45) is 4.59. The van der Waals surface area contributed by atoms with Crippen LogP contribution in [0.15, 0.2) is 59.3 Å². The highest BCUT2D eigenvalue weighted by Crippen LogP contribution is 2.27. The highest BCUT2D eigenvalue weighted by atomic mass is 19.1. The molecule has 19 heavy (non-hydrogen) atoms. The number of hydrogen-bond donors (Lipinski definition) is 0. The quantitative estimate of drug-likeness (QED) is 0.844. The van der Waals surface area contributed by atoms with Crippen molar-refractivity contribution in [1.82, 2.24) is 10.4 Å². The maximum Gasteiger partial charge on any atom is 0.145 e. The molecule has 0 saturated heterocycles. The van der Waals surface area contributed by atoms with Gasteiger partial charge in [0.1, 0.15) is 23.0 Å². The Bertz CT molecular complexity index is 655. The Morgan fingerprint density at radius 1 is 1.11 bits per heavy atom. The van der Waals surface area contributed by atoms with Crippen LogP contribution >= 0.6 is 0 Å². The van der Waals surface area contributed by atoms with E-state index in [1.54, 1.807) is 36.7 Å². The molecule has 0 saturated carbocycles. The summed E-state index contributed by atoms with van der Waals surface area (Å²) in [6, 6.07) is 8.00. The van der Waals surface area contributed by atoms with Crippen LogP contribution in [0.5, 0.6) is 11.5 Å². The van der Waals surface area contributed by atoms with Crippen LogP contribution in [0.4, 0.5) is 4.39 Å². The van der Waals surface area contributed by atoms with Gasteiger partial charge in [-0.1, -0.05) is 0 Å². The van der Waals surface area contributed by atoms with Gasteiger partial charge in [-0.05, 0) is 29.5 Å². The van der Waals surface area contributed by atoms with Crippen molar-refractivity contribution in [3.8, 4) is 11.5 Å². The van der Waals surface area contributed by atoms with Crippen LogP contribution in [0.2, 0.25) is 0 Å². The fourth-order valence-corrected chi connectivity index (χ4v) is 1.61. The summed E-state index contributed by atoms with van der Waals surface area (Å²) in [6.45, 7) is 0. The van der Waals surface area contributed by atoms with Gasteiger partial charge in [0, 0.05) is 17.8 Å². The van der Waals surface area contributed by atoms with E-state index in [1.807, 2.05) is 0 Å². The summed E-state index contributed by atoms with van der Waals surface area (Å²) in [7, 11) is 0. The standard InChI is InChI=1S/C13H8FN4O/c14-12-6-9(19-10-2-1-5-15-7-10)3-4-11(12)13-8-16-18-17-13/h1-8H. The van der Waals surface area contributed by atoms with Gasteiger partial charge in [0.15, 0.2) is 0 Å². The third kappa shape index (κ3) is 2.42. The van der Waals surface area contributed by atoms with Crippen LogP contribution in [0, 0.1) is 5.82 Å². The van der Waals surface area contributed by atoms with Gasteiger partial charge in [0.2, 0.25) is 0 Å². The van der Waals surface area contributed by atoms with E-state index < -0.39 is 5.82 Å². The lowest BCUT2D eigenvalue weighted by Gasteiger charge is -2.06. The van der Waals surface area contributed by atoms with E-state index in [0.717, 1.165) is 0 Å². The molecule has 0 aliphatic carbocycles. The highest BCUT2D eigenvalue weighted by molar-refractivity contribution is 5.65. The lowest BCUT2D eigenvalue weighted by Crippen LogP contribution is -1.90. The molecule has 1 aliphatic rings. The van der Waals surface area contributed by atoms with Gasteiger partial charge in [-0.3, -0.25) is 4.98 Å². The molecule has 5 nitrogen and oxygen atoms in total. The molecule has 2 aromatic rings. The van der Waals surface area contributed by atoms with Gasteiger partial charge in [-0.2, -0.15) is 0 Å². The minimum absolute atomic E-state index is 0.337. The third-order valence-electron chi connectivity index (χ3n) is 2.47. The van der Waals surface area contributed by atoms with E-state index in [0.29, 0.717) is 22.8 Å². The predicted octanol–water partition coefficient (Wildman–Crippen LogP) is 3.30. The normalized spacial score (nSPS) is 13.0. The van der Waals surface area contributed by atoms with Crippen LogP contribution in [-0.4, -0.2) is 4.98 Å². The Kier molecular flexibility index (Phi) is 2.89. The monoisotopic (exact) mass is 255 g/mol. The SMILES string of the molecule is Fc1cc(Oc2cccnc2)ccc1C1=C[N]N=N1. The molecule has 3 rings (SSSR count). The van der Waals surface area contributed by atoms with Crippen LogP contribution in [0.25, 0.3) is 5.70 Å². The topological polar surface area (TPSA) is 60.9 Å². The number of nitrogens with zero attached hydrogens (tertiary/aromatic N) is 4. The van der Waals surface area contributed by atoms with Crippen molar-refractivity contribution < 1.29 is 9.13 Å². The Balaban J connectivity index is 1.85. The number of benzene rings is 1. The molecule has 0 fully saturated rings. The molecular weight excluding hydrogens is 247 g/mol. The zero-order valence-electron chi connectivity index (χ0n) is 9.69. The first kappa shape index (κ1) is 11.3. The second kappa shape index (κ2) is 4.85. The molecule has 0 N–H and O–H groups in total. The molecule has 2 heterocycles. The van der Waals surface area contributed by atoms with E-state index >= 15 is 0 Å². The highest BCUT2D eigenvalue weighted by Gasteiger charge is 2.12. The maximum atomic E-state index is 13.9. The molecule has 0 atom stereocenters. The first-order chi connectivity index (χ1) is 9.33. The fraction of sp³-hybridized carbons (Fsp3) is 0. The number of hydrogen-bond acceptors (Lipinski definition) is 4. The largest absolute Gasteiger partial charge is 0.456 e. The summed E-state index contributed by atoms with van der Waals surface area (Å²) >= 11 is 0. The minimum Gasteiger partial charge on any atom is -0.456 e. The van der Waals surface area contributed by atoms with E-state index in [4.69, 9.17) is 4.74 Å².